The van der Waals surface area contributed by atoms with E-state index in [0.29, 0.717) is 11.6 Å². The molecule has 0 radical (unpaired) electrons. The molecular weight excluding hydrogens is 278 g/mol. The Kier molecular flexibility index (Phi) is 3.24. The van der Waals surface area contributed by atoms with Crippen molar-refractivity contribution in [2.24, 2.45) is 5.92 Å². The summed E-state index contributed by atoms with van der Waals surface area (Å²) >= 11 is 0. The van der Waals surface area contributed by atoms with E-state index in [1.807, 2.05) is 24.3 Å². The number of imidazole rings is 1. The third-order valence-corrected chi connectivity index (χ3v) is 4.94. The second-order valence-electron chi connectivity index (χ2n) is 6.46. The van der Waals surface area contributed by atoms with E-state index in [4.69, 9.17) is 0 Å². The van der Waals surface area contributed by atoms with Crippen LogP contribution in [0.1, 0.15) is 40.4 Å². The molecule has 0 aromatic carbocycles. The minimum atomic E-state index is 0.0494. The van der Waals surface area contributed by atoms with Gasteiger partial charge in [-0.25, -0.2) is 4.98 Å². The molecule has 2 aromatic heterocycles. The monoisotopic (exact) mass is 299 g/mol. The van der Waals surface area contributed by atoms with Crippen molar-refractivity contribution >= 4 is 5.91 Å². The maximum absolute atomic E-state index is 12.7. The molecule has 2 aliphatic rings. The summed E-state index contributed by atoms with van der Waals surface area (Å²) in [5.41, 5.74) is 2.92. The van der Waals surface area contributed by atoms with E-state index >= 15 is 0 Å². The molecule has 0 bridgehead atoms. The van der Waals surface area contributed by atoms with E-state index < -0.39 is 0 Å². The van der Waals surface area contributed by atoms with Gasteiger partial charge in [0.25, 0.3) is 5.91 Å². The van der Waals surface area contributed by atoms with Crippen LogP contribution in [0.2, 0.25) is 0 Å². The molecule has 1 aliphatic heterocycles. The smallest absolute Gasteiger partial charge is 0.274 e. The van der Waals surface area contributed by atoms with E-state index in [0.717, 1.165) is 62.3 Å². The Balaban J connectivity index is 1.44. The highest BCUT2D eigenvalue weighted by atomic mass is 16.2. The van der Waals surface area contributed by atoms with E-state index in [-0.39, 0.29) is 5.91 Å². The summed E-state index contributed by atoms with van der Waals surface area (Å²) in [7, 11) is 1.89. The Morgan fingerprint density at radius 1 is 1.50 bits per heavy atom. The third-order valence-electron chi connectivity index (χ3n) is 4.94. The van der Waals surface area contributed by atoms with Gasteiger partial charge in [0, 0.05) is 50.2 Å². The summed E-state index contributed by atoms with van der Waals surface area (Å²) in [6.45, 7) is 1.77. The van der Waals surface area contributed by atoms with Crippen LogP contribution >= 0.6 is 0 Å². The van der Waals surface area contributed by atoms with Crippen molar-refractivity contribution in [1.82, 2.24) is 24.6 Å². The van der Waals surface area contributed by atoms with Gasteiger partial charge in [-0.05, 0) is 31.6 Å². The fraction of sp³-hybridized carbons (Fsp3) is 0.562. The van der Waals surface area contributed by atoms with Gasteiger partial charge in [0.1, 0.15) is 5.82 Å². The second-order valence-corrected chi connectivity index (χ2v) is 6.46. The highest BCUT2D eigenvalue weighted by Gasteiger charge is 2.27. The SMILES string of the molecule is CN(C[C@@H]1CCn2ccnc2C1)C(=O)c1n[nH]c2c1CCC2. The molecule has 4 rings (SSSR count). The number of aromatic nitrogens is 4. The Bertz CT molecular complexity index is 701. The molecule has 0 saturated heterocycles. The van der Waals surface area contributed by atoms with E-state index in [1.54, 1.807) is 0 Å². The Hall–Kier alpha value is -2.11. The zero-order valence-electron chi connectivity index (χ0n) is 12.9. The van der Waals surface area contributed by atoms with Gasteiger partial charge in [-0.3, -0.25) is 9.89 Å². The minimum absolute atomic E-state index is 0.0494. The second kappa shape index (κ2) is 5.26. The normalized spacial score (nSPS) is 19.8. The maximum atomic E-state index is 12.7. The molecule has 0 spiro atoms. The Labute approximate surface area is 129 Å². The lowest BCUT2D eigenvalue weighted by atomic mass is 9.97. The van der Waals surface area contributed by atoms with Crippen LogP contribution in [0.3, 0.4) is 0 Å². The predicted octanol–water partition coefficient (Wildman–Crippen LogP) is 1.43. The van der Waals surface area contributed by atoms with Gasteiger partial charge in [0.15, 0.2) is 5.69 Å². The number of nitrogens with one attached hydrogen (secondary N) is 1. The topological polar surface area (TPSA) is 66.8 Å². The lowest BCUT2D eigenvalue weighted by molar-refractivity contribution is 0.0757. The average Bonchev–Trinajstić information content (AvgIpc) is 3.22. The van der Waals surface area contributed by atoms with Crippen LogP contribution in [-0.4, -0.2) is 44.1 Å². The number of hydrogen-bond acceptors (Lipinski definition) is 3. The van der Waals surface area contributed by atoms with Crippen LogP contribution in [0.25, 0.3) is 0 Å². The number of fused-ring (bicyclic) bond motifs is 2. The third kappa shape index (κ3) is 2.23. The fourth-order valence-electron chi connectivity index (χ4n) is 3.72. The summed E-state index contributed by atoms with van der Waals surface area (Å²) in [5, 5.41) is 7.27. The van der Waals surface area contributed by atoms with Gasteiger partial charge in [0.2, 0.25) is 0 Å². The van der Waals surface area contributed by atoms with Crippen molar-refractivity contribution in [1.29, 1.82) is 0 Å². The first kappa shape index (κ1) is 13.5. The number of carbonyl (C=O) groups is 1. The van der Waals surface area contributed by atoms with E-state index in [1.165, 1.54) is 0 Å². The molecule has 1 aliphatic carbocycles. The maximum Gasteiger partial charge on any atom is 0.274 e. The highest BCUT2D eigenvalue weighted by Crippen LogP contribution is 2.25. The molecule has 1 amide bonds. The summed E-state index contributed by atoms with van der Waals surface area (Å²) in [6, 6.07) is 0. The summed E-state index contributed by atoms with van der Waals surface area (Å²) < 4.78 is 2.21. The zero-order chi connectivity index (χ0) is 15.1. The van der Waals surface area contributed by atoms with Crippen molar-refractivity contribution in [2.45, 2.75) is 38.6 Å². The fourth-order valence-corrected chi connectivity index (χ4v) is 3.72. The molecule has 0 fully saturated rings. The molecule has 0 unspecified atom stereocenters. The number of hydrogen-bond donors (Lipinski definition) is 1. The van der Waals surface area contributed by atoms with Crippen LogP contribution in [0.15, 0.2) is 12.4 Å². The first-order valence-corrected chi connectivity index (χ1v) is 8.04. The number of aromatic amines is 1. The first-order chi connectivity index (χ1) is 10.7. The first-order valence-electron chi connectivity index (χ1n) is 8.04. The van der Waals surface area contributed by atoms with Gasteiger partial charge in [-0.15, -0.1) is 0 Å². The van der Waals surface area contributed by atoms with E-state index in [9.17, 15) is 4.79 Å². The lowest BCUT2D eigenvalue weighted by Gasteiger charge is -2.27. The van der Waals surface area contributed by atoms with Crippen LogP contribution in [-0.2, 0) is 25.8 Å². The van der Waals surface area contributed by atoms with Crippen LogP contribution in [0.5, 0.6) is 0 Å². The molecule has 3 heterocycles. The number of aryl methyl sites for hydroxylation is 2. The average molecular weight is 299 g/mol. The van der Waals surface area contributed by atoms with Crippen LogP contribution < -0.4 is 0 Å². The standard InChI is InChI=1S/C16H21N5O/c1-20(10-11-5-7-21-8-6-17-14(21)9-11)16(22)15-12-3-2-4-13(12)18-19-15/h6,8,11H,2-5,7,9-10H2,1H3,(H,18,19)/t11-/m1/s1. The predicted molar refractivity (Wildman–Crippen MR) is 81.6 cm³/mol. The van der Waals surface area contributed by atoms with Gasteiger partial charge in [0.05, 0.1) is 0 Å². The molecule has 2 aromatic rings. The lowest BCUT2D eigenvalue weighted by Crippen LogP contribution is -2.35. The van der Waals surface area contributed by atoms with Crippen LogP contribution in [0, 0.1) is 5.92 Å². The summed E-state index contributed by atoms with van der Waals surface area (Å²) in [4.78, 5) is 18.9. The summed E-state index contributed by atoms with van der Waals surface area (Å²) in [5.74, 6) is 1.67. The number of rotatable bonds is 3. The Morgan fingerprint density at radius 2 is 2.41 bits per heavy atom. The zero-order valence-corrected chi connectivity index (χ0v) is 12.9. The molecular formula is C16H21N5O. The largest absolute Gasteiger partial charge is 0.340 e. The van der Waals surface area contributed by atoms with Crippen molar-refractivity contribution < 1.29 is 4.79 Å². The number of H-pyrrole nitrogens is 1. The quantitative estimate of drug-likeness (QED) is 0.932. The molecule has 6 nitrogen and oxygen atoms in total. The molecule has 6 heteroatoms. The van der Waals surface area contributed by atoms with Crippen molar-refractivity contribution in [2.75, 3.05) is 13.6 Å². The number of amides is 1. The van der Waals surface area contributed by atoms with Gasteiger partial charge in [-0.1, -0.05) is 0 Å². The minimum Gasteiger partial charge on any atom is -0.340 e. The number of carbonyl (C=O) groups excluding carboxylic acids is 1. The molecule has 0 saturated carbocycles. The number of nitrogens with zero attached hydrogens (tertiary/aromatic N) is 4. The molecule has 1 atom stereocenters. The van der Waals surface area contributed by atoms with Crippen molar-refractivity contribution in [3.05, 3.63) is 35.2 Å². The van der Waals surface area contributed by atoms with Crippen molar-refractivity contribution in [3.8, 4) is 0 Å². The van der Waals surface area contributed by atoms with E-state index in [2.05, 4.69) is 19.7 Å². The molecule has 22 heavy (non-hydrogen) atoms. The molecule has 1 N–H and O–H groups in total. The summed E-state index contributed by atoms with van der Waals surface area (Å²) in [6.07, 6.45) is 9.06. The van der Waals surface area contributed by atoms with Gasteiger partial charge < -0.3 is 9.47 Å². The van der Waals surface area contributed by atoms with Crippen molar-refractivity contribution in [3.63, 3.8) is 0 Å². The van der Waals surface area contributed by atoms with Crippen LogP contribution in [0.4, 0.5) is 0 Å². The Morgan fingerprint density at radius 3 is 3.32 bits per heavy atom. The van der Waals surface area contributed by atoms with Gasteiger partial charge in [-0.2, -0.15) is 5.10 Å². The highest BCUT2D eigenvalue weighted by molar-refractivity contribution is 5.94. The molecule has 116 valence electrons. The van der Waals surface area contributed by atoms with Gasteiger partial charge >= 0.3 is 0 Å².